The normalized spacial score (nSPS) is 20.7. The molecule has 1 aliphatic rings. The molecule has 88 valence electrons. The van der Waals surface area contributed by atoms with Gasteiger partial charge in [-0.25, -0.2) is 0 Å². The Bertz CT molecular complexity index is 304. The van der Waals surface area contributed by atoms with Crippen molar-refractivity contribution < 1.29 is 9.47 Å². The van der Waals surface area contributed by atoms with Gasteiger partial charge in [0.15, 0.2) is 0 Å². The highest BCUT2D eigenvalue weighted by Crippen LogP contribution is 2.13. The Morgan fingerprint density at radius 1 is 1.38 bits per heavy atom. The summed E-state index contributed by atoms with van der Waals surface area (Å²) < 4.78 is 10.6. The number of ether oxygens (including phenoxy) is 2. The number of aryl methyl sites for hydroxylation is 1. The van der Waals surface area contributed by atoms with E-state index in [1.807, 2.05) is 12.1 Å². The molecule has 1 aromatic rings. The van der Waals surface area contributed by atoms with Gasteiger partial charge >= 0.3 is 0 Å². The smallest absolute Gasteiger partial charge is 0.118 e. The van der Waals surface area contributed by atoms with Crippen LogP contribution in [0.25, 0.3) is 0 Å². The first-order valence-electron chi connectivity index (χ1n) is 5.82. The van der Waals surface area contributed by atoms with Gasteiger partial charge in [0.25, 0.3) is 0 Å². The summed E-state index contributed by atoms with van der Waals surface area (Å²) >= 11 is 0. The zero-order valence-electron chi connectivity index (χ0n) is 9.74. The second-order valence-corrected chi connectivity index (χ2v) is 4.11. The Labute approximate surface area is 96.8 Å². The molecule has 0 aliphatic carbocycles. The van der Waals surface area contributed by atoms with E-state index in [0.717, 1.165) is 38.3 Å². The van der Waals surface area contributed by atoms with Gasteiger partial charge in [-0.15, -0.1) is 0 Å². The lowest BCUT2D eigenvalue weighted by Gasteiger charge is -2.23. The Balaban J connectivity index is 1.79. The lowest BCUT2D eigenvalue weighted by atomic mass is 10.1. The van der Waals surface area contributed by atoms with Crippen molar-refractivity contribution in [2.24, 2.45) is 0 Å². The predicted octanol–water partition coefficient (Wildman–Crippen LogP) is 1.62. The SMILES string of the molecule is COc1ccc(CCC2COCCN2)cc1. The van der Waals surface area contributed by atoms with E-state index in [4.69, 9.17) is 9.47 Å². The van der Waals surface area contributed by atoms with Crippen molar-refractivity contribution >= 4 is 0 Å². The Morgan fingerprint density at radius 3 is 2.81 bits per heavy atom. The standard InChI is InChI=1S/C13H19NO2/c1-15-13-6-3-11(4-7-13)2-5-12-10-16-9-8-14-12/h3-4,6-7,12,14H,2,5,8-10H2,1H3. The summed E-state index contributed by atoms with van der Waals surface area (Å²) in [6.45, 7) is 2.67. The van der Waals surface area contributed by atoms with Crippen molar-refractivity contribution in [2.45, 2.75) is 18.9 Å². The van der Waals surface area contributed by atoms with Crippen molar-refractivity contribution in [1.82, 2.24) is 5.32 Å². The molecule has 0 radical (unpaired) electrons. The molecule has 3 heteroatoms. The third-order valence-corrected chi connectivity index (χ3v) is 2.94. The molecule has 0 saturated carbocycles. The van der Waals surface area contributed by atoms with Crippen LogP contribution in [0.1, 0.15) is 12.0 Å². The molecule has 1 fully saturated rings. The third-order valence-electron chi connectivity index (χ3n) is 2.94. The van der Waals surface area contributed by atoms with Gasteiger partial charge in [0, 0.05) is 12.6 Å². The van der Waals surface area contributed by atoms with Gasteiger partial charge in [0.1, 0.15) is 5.75 Å². The van der Waals surface area contributed by atoms with Crippen LogP contribution in [0, 0.1) is 0 Å². The highest BCUT2D eigenvalue weighted by atomic mass is 16.5. The summed E-state index contributed by atoms with van der Waals surface area (Å²) in [4.78, 5) is 0. The number of methoxy groups -OCH3 is 1. The van der Waals surface area contributed by atoms with Crippen LogP contribution in [0.5, 0.6) is 5.75 Å². The zero-order valence-corrected chi connectivity index (χ0v) is 9.74. The van der Waals surface area contributed by atoms with E-state index in [1.165, 1.54) is 5.56 Å². The molecular formula is C13H19NO2. The molecule has 1 N–H and O–H groups in total. The molecule has 16 heavy (non-hydrogen) atoms. The van der Waals surface area contributed by atoms with Crippen LogP contribution in [0.15, 0.2) is 24.3 Å². The molecule has 3 nitrogen and oxygen atoms in total. The number of nitrogens with one attached hydrogen (secondary N) is 1. The van der Waals surface area contributed by atoms with E-state index in [9.17, 15) is 0 Å². The van der Waals surface area contributed by atoms with Crippen LogP contribution in [-0.2, 0) is 11.2 Å². The number of benzene rings is 1. The molecule has 1 saturated heterocycles. The summed E-state index contributed by atoms with van der Waals surface area (Å²) in [5.41, 5.74) is 1.35. The van der Waals surface area contributed by atoms with Gasteiger partial charge in [-0.3, -0.25) is 0 Å². The molecule has 1 unspecified atom stereocenters. The fraction of sp³-hybridized carbons (Fsp3) is 0.538. The quantitative estimate of drug-likeness (QED) is 0.838. The Morgan fingerprint density at radius 2 is 2.19 bits per heavy atom. The molecule has 0 spiro atoms. The zero-order chi connectivity index (χ0) is 11.2. The van der Waals surface area contributed by atoms with Crippen molar-refractivity contribution in [2.75, 3.05) is 26.9 Å². The lowest BCUT2D eigenvalue weighted by Crippen LogP contribution is -2.41. The molecular weight excluding hydrogens is 202 g/mol. The minimum atomic E-state index is 0.510. The summed E-state index contributed by atoms with van der Waals surface area (Å²) in [7, 11) is 1.69. The molecule has 1 aromatic carbocycles. The average Bonchev–Trinajstić information content (AvgIpc) is 2.38. The second-order valence-electron chi connectivity index (χ2n) is 4.11. The van der Waals surface area contributed by atoms with Gasteiger partial charge in [0.05, 0.1) is 20.3 Å². The first-order valence-corrected chi connectivity index (χ1v) is 5.82. The van der Waals surface area contributed by atoms with Gasteiger partial charge in [0.2, 0.25) is 0 Å². The predicted molar refractivity (Wildman–Crippen MR) is 63.9 cm³/mol. The summed E-state index contributed by atoms with van der Waals surface area (Å²) in [6, 6.07) is 8.79. The Kier molecular flexibility index (Phi) is 4.19. The lowest BCUT2D eigenvalue weighted by molar-refractivity contribution is 0.0743. The molecule has 0 bridgehead atoms. The maximum Gasteiger partial charge on any atom is 0.118 e. The Hall–Kier alpha value is -1.06. The molecule has 2 rings (SSSR count). The van der Waals surface area contributed by atoms with Crippen LogP contribution >= 0.6 is 0 Å². The second kappa shape index (κ2) is 5.87. The molecule has 1 atom stereocenters. The summed E-state index contributed by atoms with van der Waals surface area (Å²) in [5, 5.41) is 3.46. The molecule has 0 amide bonds. The fourth-order valence-corrected chi connectivity index (χ4v) is 1.94. The van der Waals surface area contributed by atoms with E-state index in [2.05, 4.69) is 17.4 Å². The van der Waals surface area contributed by atoms with Crippen molar-refractivity contribution in [3.63, 3.8) is 0 Å². The van der Waals surface area contributed by atoms with E-state index in [1.54, 1.807) is 7.11 Å². The van der Waals surface area contributed by atoms with Crippen molar-refractivity contribution in [3.8, 4) is 5.75 Å². The molecule has 1 heterocycles. The summed E-state index contributed by atoms with van der Waals surface area (Å²) in [5.74, 6) is 0.919. The molecule has 0 aromatic heterocycles. The first-order chi connectivity index (χ1) is 7.88. The number of rotatable bonds is 4. The van der Waals surface area contributed by atoms with E-state index in [0.29, 0.717) is 6.04 Å². The largest absolute Gasteiger partial charge is 0.497 e. The van der Waals surface area contributed by atoms with E-state index < -0.39 is 0 Å². The topological polar surface area (TPSA) is 30.5 Å². The number of hydrogen-bond acceptors (Lipinski definition) is 3. The fourth-order valence-electron chi connectivity index (χ4n) is 1.94. The minimum Gasteiger partial charge on any atom is -0.497 e. The number of hydrogen-bond donors (Lipinski definition) is 1. The van der Waals surface area contributed by atoms with Crippen molar-refractivity contribution in [3.05, 3.63) is 29.8 Å². The van der Waals surface area contributed by atoms with Crippen LogP contribution in [0.4, 0.5) is 0 Å². The van der Waals surface area contributed by atoms with Gasteiger partial charge in [-0.2, -0.15) is 0 Å². The minimum absolute atomic E-state index is 0.510. The molecule has 1 aliphatic heterocycles. The van der Waals surface area contributed by atoms with Crippen LogP contribution < -0.4 is 10.1 Å². The van der Waals surface area contributed by atoms with E-state index >= 15 is 0 Å². The maximum absolute atomic E-state index is 5.42. The van der Waals surface area contributed by atoms with Crippen molar-refractivity contribution in [1.29, 1.82) is 0 Å². The van der Waals surface area contributed by atoms with Crippen LogP contribution in [-0.4, -0.2) is 32.9 Å². The summed E-state index contributed by atoms with van der Waals surface area (Å²) in [6.07, 6.45) is 2.22. The average molecular weight is 221 g/mol. The van der Waals surface area contributed by atoms with Crippen LogP contribution in [0.3, 0.4) is 0 Å². The van der Waals surface area contributed by atoms with E-state index in [-0.39, 0.29) is 0 Å². The highest BCUT2D eigenvalue weighted by molar-refractivity contribution is 5.27. The first kappa shape index (κ1) is 11.4. The van der Waals surface area contributed by atoms with Gasteiger partial charge < -0.3 is 14.8 Å². The van der Waals surface area contributed by atoms with Crippen LogP contribution in [0.2, 0.25) is 0 Å². The monoisotopic (exact) mass is 221 g/mol. The third kappa shape index (κ3) is 3.22. The van der Waals surface area contributed by atoms with Gasteiger partial charge in [-0.05, 0) is 30.5 Å². The number of morpholine rings is 1. The maximum atomic E-state index is 5.42. The highest BCUT2D eigenvalue weighted by Gasteiger charge is 2.12. The van der Waals surface area contributed by atoms with Gasteiger partial charge in [-0.1, -0.05) is 12.1 Å².